The van der Waals surface area contributed by atoms with Crippen LogP contribution in [-0.2, 0) is 27.5 Å². The number of carbonyl (C=O) groups excluding carboxylic acids is 3. The Kier molecular flexibility index (Phi) is 9.79. The van der Waals surface area contributed by atoms with E-state index < -0.39 is 18.2 Å². The number of alkyl carbamates (subject to hydrolysis) is 2. The Morgan fingerprint density at radius 1 is 0.828 bits per heavy atom. The Bertz CT molecular complexity index is 752. The fourth-order valence-corrected chi connectivity index (χ4v) is 2.51. The van der Waals surface area contributed by atoms with Crippen LogP contribution in [0.1, 0.15) is 30.4 Å². The van der Waals surface area contributed by atoms with Gasteiger partial charge in [-0.1, -0.05) is 60.7 Å². The van der Waals surface area contributed by atoms with Gasteiger partial charge in [0.15, 0.2) is 0 Å². The molecular formula is C22H25N2O5. The number of rotatable bonds is 11. The molecule has 2 aromatic carbocycles. The Morgan fingerprint density at radius 3 is 1.93 bits per heavy atom. The van der Waals surface area contributed by atoms with Crippen molar-refractivity contribution in [1.82, 2.24) is 10.6 Å². The van der Waals surface area contributed by atoms with Gasteiger partial charge in [-0.25, -0.2) is 9.59 Å². The van der Waals surface area contributed by atoms with Crippen LogP contribution in [0, 0.1) is 0 Å². The van der Waals surface area contributed by atoms with Gasteiger partial charge in [-0.15, -0.1) is 0 Å². The highest BCUT2D eigenvalue weighted by atomic mass is 16.6. The van der Waals surface area contributed by atoms with Crippen molar-refractivity contribution in [2.24, 2.45) is 0 Å². The smallest absolute Gasteiger partial charge is 0.408 e. The summed E-state index contributed by atoms with van der Waals surface area (Å²) in [5.74, 6) is 0. The number of carbonyl (C=O) groups is 2. The average molecular weight is 397 g/mol. The van der Waals surface area contributed by atoms with Crippen molar-refractivity contribution in [3.8, 4) is 0 Å². The highest BCUT2D eigenvalue weighted by molar-refractivity contribution is 5.73. The van der Waals surface area contributed by atoms with E-state index in [2.05, 4.69) is 10.6 Å². The Balaban J connectivity index is 1.53. The monoisotopic (exact) mass is 397 g/mol. The maximum Gasteiger partial charge on any atom is 0.408 e. The molecule has 0 fully saturated rings. The van der Waals surface area contributed by atoms with E-state index in [9.17, 15) is 14.4 Å². The van der Waals surface area contributed by atoms with Crippen molar-refractivity contribution < 1.29 is 23.9 Å². The maximum atomic E-state index is 11.8. The highest BCUT2D eigenvalue weighted by Gasteiger charge is 2.13. The van der Waals surface area contributed by atoms with Crippen LogP contribution in [0.25, 0.3) is 0 Å². The van der Waals surface area contributed by atoms with Crippen molar-refractivity contribution in [1.29, 1.82) is 0 Å². The Labute approximate surface area is 170 Å². The minimum Gasteiger partial charge on any atom is -0.445 e. The normalized spacial score (nSPS) is 11.2. The predicted molar refractivity (Wildman–Crippen MR) is 108 cm³/mol. The summed E-state index contributed by atoms with van der Waals surface area (Å²) in [6.45, 7) is 0.759. The second-order valence-electron chi connectivity index (χ2n) is 6.36. The van der Waals surface area contributed by atoms with Crippen molar-refractivity contribution in [3.63, 3.8) is 0 Å². The zero-order valence-electron chi connectivity index (χ0n) is 16.1. The SMILES string of the molecule is O=[C]C(CCCCNC(=O)OCc1ccccc1)NC(=O)OCc1ccccc1. The quantitative estimate of drug-likeness (QED) is 0.566. The topological polar surface area (TPSA) is 93.7 Å². The van der Waals surface area contributed by atoms with Crippen LogP contribution in [0.2, 0.25) is 0 Å². The first kappa shape index (κ1) is 21.9. The standard InChI is InChI=1S/C22H25N2O5/c25-15-20(24-22(27)29-17-19-11-5-2-6-12-19)13-7-8-14-23-21(26)28-16-18-9-3-1-4-10-18/h1-6,9-12,20H,7-8,13-14,16-17H2,(H,23,26)(H,24,27). The summed E-state index contributed by atoms with van der Waals surface area (Å²) in [5, 5.41) is 5.13. The van der Waals surface area contributed by atoms with Crippen molar-refractivity contribution in [2.45, 2.75) is 38.5 Å². The van der Waals surface area contributed by atoms with Crippen LogP contribution in [0.5, 0.6) is 0 Å². The third kappa shape index (κ3) is 9.41. The van der Waals surface area contributed by atoms with Gasteiger partial charge in [0.1, 0.15) is 13.2 Å². The second kappa shape index (κ2) is 12.9. The number of amides is 2. The molecule has 0 aliphatic rings. The molecule has 0 aliphatic carbocycles. The van der Waals surface area contributed by atoms with E-state index in [1.807, 2.05) is 60.7 Å². The van der Waals surface area contributed by atoms with Gasteiger partial charge >= 0.3 is 12.2 Å². The van der Waals surface area contributed by atoms with E-state index in [0.29, 0.717) is 25.8 Å². The summed E-state index contributed by atoms with van der Waals surface area (Å²) >= 11 is 0. The first-order valence-electron chi connectivity index (χ1n) is 9.47. The molecule has 0 heterocycles. The molecule has 0 aliphatic heterocycles. The third-order valence-electron chi connectivity index (χ3n) is 4.05. The number of nitrogens with one attached hydrogen (secondary N) is 2. The number of hydrogen-bond acceptors (Lipinski definition) is 5. The van der Waals surface area contributed by atoms with E-state index >= 15 is 0 Å². The minimum atomic E-state index is -0.747. The fourth-order valence-electron chi connectivity index (χ4n) is 2.51. The van der Waals surface area contributed by atoms with Gasteiger partial charge in [-0.05, 0) is 30.4 Å². The van der Waals surface area contributed by atoms with Gasteiger partial charge in [0.05, 0.1) is 6.04 Å². The van der Waals surface area contributed by atoms with Gasteiger partial charge in [0, 0.05) is 6.54 Å². The molecular weight excluding hydrogens is 372 g/mol. The number of unbranched alkanes of at least 4 members (excludes halogenated alkanes) is 1. The molecule has 0 bridgehead atoms. The number of benzene rings is 2. The van der Waals surface area contributed by atoms with Crippen LogP contribution >= 0.6 is 0 Å². The van der Waals surface area contributed by atoms with E-state index in [-0.39, 0.29) is 13.2 Å². The molecule has 2 aromatic rings. The van der Waals surface area contributed by atoms with E-state index in [1.165, 1.54) is 0 Å². The van der Waals surface area contributed by atoms with Crippen LogP contribution in [0.3, 0.4) is 0 Å². The molecule has 2 rings (SSSR count). The fraction of sp³-hybridized carbons (Fsp3) is 0.318. The maximum absolute atomic E-state index is 11.8. The molecule has 0 spiro atoms. The van der Waals surface area contributed by atoms with Gasteiger partial charge < -0.3 is 20.1 Å². The molecule has 7 nitrogen and oxygen atoms in total. The van der Waals surface area contributed by atoms with Crippen molar-refractivity contribution in [2.75, 3.05) is 6.54 Å². The van der Waals surface area contributed by atoms with Crippen LogP contribution < -0.4 is 10.6 Å². The average Bonchev–Trinajstić information content (AvgIpc) is 2.76. The molecule has 153 valence electrons. The molecule has 7 heteroatoms. The largest absolute Gasteiger partial charge is 0.445 e. The lowest BCUT2D eigenvalue weighted by molar-refractivity contribution is 0.137. The highest BCUT2D eigenvalue weighted by Crippen LogP contribution is 2.03. The molecule has 0 saturated heterocycles. The summed E-state index contributed by atoms with van der Waals surface area (Å²) in [6.07, 6.45) is 2.31. The zero-order valence-corrected chi connectivity index (χ0v) is 16.1. The van der Waals surface area contributed by atoms with Crippen LogP contribution in [0.4, 0.5) is 9.59 Å². The second-order valence-corrected chi connectivity index (χ2v) is 6.36. The lowest BCUT2D eigenvalue weighted by Crippen LogP contribution is -2.36. The Morgan fingerprint density at radius 2 is 1.38 bits per heavy atom. The summed E-state index contributed by atoms with van der Waals surface area (Å²) in [4.78, 5) is 34.4. The zero-order chi connectivity index (χ0) is 20.7. The third-order valence-corrected chi connectivity index (χ3v) is 4.05. The number of ether oxygens (including phenoxy) is 2. The Hall–Kier alpha value is -3.35. The van der Waals surface area contributed by atoms with Gasteiger partial charge in [0.2, 0.25) is 6.29 Å². The molecule has 29 heavy (non-hydrogen) atoms. The molecule has 1 atom stereocenters. The van der Waals surface area contributed by atoms with E-state index in [0.717, 1.165) is 11.1 Å². The summed E-state index contributed by atoms with van der Waals surface area (Å²) in [7, 11) is 0. The summed E-state index contributed by atoms with van der Waals surface area (Å²) in [6, 6.07) is 17.9. The summed E-state index contributed by atoms with van der Waals surface area (Å²) < 4.78 is 10.2. The van der Waals surface area contributed by atoms with Gasteiger partial charge in [-0.3, -0.25) is 4.79 Å². The molecule has 0 aromatic heterocycles. The molecule has 1 unspecified atom stereocenters. The van der Waals surface area contributed by atoms with Crippen LogP contribution in [0.15, 0.2) is 60.7 Å². The first-order chi connectivity index (χ1) is 14.2. The van der Waals surface area contributed by atoms with Crippen LogP contribution in [-0.4, -0.2) is 31.1 Å². The lowest BCUT2D eigenvalue weighted by atomic mass is 10.1. The molecule has 2 amide bonds. The minimum absolute atomic E-state index is 0.132. The van der Waals surface area contributed by atoms with Gasteiger partial charge in [0.25, 0.3) is 0 Å². The van der Waals surface area contributed by atoms with Crippen molar-refractivity contribution >= 4 is 18.5 Å². The van der Waals surface area contributed by atoms with Gasteiger partial charge in [-0.2, -0.15) is 0 Å². The first-order valence-corrected chi connectivity index (χ1v) is 9.47. The van der Waals surface area contributed by atoms with E-state index in [1.54, 1.807) is 6.29 Å². The summed E-state index contributed by atoms with van der Waals surface area (Å²) in [5.41, 5.74) is 1.77. The number of hydrogen-bond donors (Lipinski definition) is 2. The molecule has 0 saturated carbocycles. The molecule has 1 radical (unpaired) electrons. The lowest BCUT2D eigenvalue weighted by Gasteiger charge is -2.12. The predicted octanol–water partition coefficient (Wildman–Crippen LogP) is 3.49. The molecule has 2 N–H and O–H groups in total. The van der Waals surface area contributed by atoms with Crippen molar-refractivity contribution in [3.05, 3.63) is 71.8 Å². The van der Waals surface area contributed by atoms with E-state index in [4.69, 9.17) is 9.47 Å².